The first-order chi connectivity index (χ1) is 8.95. The standard InChI is InChI=1S/C16H17N3/c1-11-9-18-19-15(12(11)2)13-5-7-14(8-6-13)16(3,4)10-17/h5-9H,1-4H3. The molecule has 3 nitrogen and oxygen atoms in total. The van der Waals surface area contributed by atoms with Gasteiger partial charge < -0.3 is 0 Å². The fraction of sp³-hybridized carbons (Fsp3) is 0.312. The van der Waals surface area contributed by atoms with E-state index in [0.29, 0.717) is 0 Å². The normalized spacial score (nSPS) is 11.1. The second-order valence-electron chi connectivity index (χ2n) is 5.32. The van der Waals surface area contributed by atoms with Crippen LogP contribution < -0.4 is 0 Å². The zero-order valence-corrected chi connectivity index (χ0v) is 11.7. The van der Waals surface area contributed by atoms with Crippen molar-refractivity contribution in [1.82, 2.24) is 10.2 Å². The molecule has 1 heterocycles. The summed E-state index contributed by atoms with van der Waals surface area (Å²) in [5.74, 6) is 0. The summed E-state index contributed by atoms with van der Waals surface area (Å²) in [7, 11) is 0. The van der Waals surface area contributed by atoms with Gasteiger partial charge in [-0.25, -0.2) is 0 Å². The minimum atomic E-state index is -0.466. The first-order valence-corrected chi connectivity index (χ1v) is 6.27. The van der Waals surface area contributed by atoms with Crippen LogP contribution in [0.15, 0.2) is 30.5 Å². The predicted molar refractivity (Wildman–Crippen MR) is 75.6 cm³/mol. The number of aryl methyl sites for hydroxylation is 1. The highest BCUT2D eigenvalue weighted by atomic mass is 15.1. The molecule has 3 heteroatoms. The monoisotopic (exact) mass is 251 g/mol. The van der Waals surface area contributed by atoms with E-state index >= 15 is 0 Å². The van der Waals surface area contributed by atoms with Crippen molar-refractivity contribution in [3.8, 4) is 17.3 Å². The Bertz CT molecular complexity index is 634. The lowest BCUT2D eigenvalue weighted by atomic mass is 9.85. The van der Waals surface area contributed by atoms with Gasteiger partial charge in [-0.15, -0.1) is 0 Å². The summed E-state index contributed by atoms with van der Waals surface area (Å²) >= 11 is 0. The van der Waals surface area contributed by atoms with Crippen LogP contribution in [0.1, 0.15) is 30.5 Å². The van der Waals surface area contributed by atoms with Crippen LogP contribution in [-0.2, 0) is 5.41 Å². The largest absolute Gasteiger partial charge is 0.197 e. The van der Waals surface area contributed by atoms with E-state index in [1.165, 1.54) is 0 Å². The summed E-state index contributed by atoms with van der Waals surface area (Å²) < 4.78 is 0. The van der Waals surface area contributed by atoms with Crippen LogP contribution in [0.25, 0.3) is 11.3 Å². The Kier molecular flexibility index (Phi) is 3.35. The van der Waals surface area contributed by atoms with E-state index < -0.39 is 5.41 Å². The van der Waals surface area contributed by atoms with Crippen molar-refractivity contribution in [2.24, 2.45) is 0 Å². The van der Waals surface area contributed by atoms with E-state index in [0.717, 1.165) is 27.9 Å². The molecular weight excluding hydrogens is 234 g/mol. The van der Waals surface area contributed by atoms with E-state index in [4.69, 9.17) is 5.26 Å². The molecule has 0 N–H and O–H groups in total. The maximum atomic E-state index is 9.14. The van der Waals surface area contributed by atoms with Gasteiger partial charge in [-0.3, -0.25) is 0 Å². The molecule has 0 saturated heterocycles. The summed E-state index contributed by atoms with van der Waals surface area (Å²) in [4.78, 5) is 0. The fourth-order valence-electron chi connectivity index (χ4n) is 1.92. The molecule has 1 aromatic heterocycles. The third kappa shape index (κ3) is 2.48. The van der Waals surface area contributed by atoms with Crippen molar-refractivity contribution in [1.29, 1.82) is 5.26 Å². The van der Waals surface area contributed by atoms with Gasteiger partial charge in [0.1, 0.15) is 0 Å². The lowest BCUT2D eigenvalue weighted by Crippen LogP contribution is -2.13. The maximum absolute atomic E-state index is 9.14. The van der Waals surface area contributed by atoms with Crippen molar-refractivity contribution in [3.63, 3.8) is 0 Å². The van der Waals surface area contributed by atoms with Crippen molar-refractivity contribution < 1.29 is 0 Å². The SMILES string of the molecule is Cc1cnnc(-c2ccc(C(C)(C)C#N)cc2)c1C. The Hall–Kier alpha value is -2.21. The quantitative estimate of drug-likeness (QED) is 0.820. The van der Waals surface area contributed by atoms with Gasteiger partial charge in [-0.1, -0.05) is 24.3 Å². The minimum absolute atomic E-state index is 0.466. The number of aromatic nitrogens is 2. The molecule has 0 aliphatic heterocycles. The number of hydrogen-bond acceptors (Lipinski definition) is 3. The molecule has 2 rings (SSSR count). The zero-order chi connectivity index (χ0) is 14.0. The Labute approximate surface area is 113 Å². The molecule has 0 amide bonds. The molecule has 19 heavy (non-hydrogen) atoms. The van der Waals surface area contributed by atoms with Gasteiger partial charge >= 0.3 is 0 Å². The van der Waals surface area contributed by atoms with Crippen LogP contribution in [0.3, 0.4) is 0 Å². The molecule has 0 unspecified atom stereocenters. The van der Waals surface area contributed by atoms with Crippen LogP contribution in [0, 0.1) is 25.2 Å². The molecular formula is C16H17N3. The van der Waals surface area contributed by atoms with Crippen LogP contribution >= 0.6 is 0 Å². The molecule has 0 spiro atoms. The predicted octanol–water partition coefficient (Wildman–Crippen LogP) is 3.56. The molecule has 0 fully saturated rings. The third-order valence-electron chi connectivity index (χ3n) is 3.52. The third-order valence-corrected chi connectivity index (χ3v) is 3.52. The molecule has 0 aliphatic rings. The summed E-state index contributed by atoms with van der Waals surface area (Å²) in [6.07, 6.45) is 1.77. The average Bonchev–Trinajstić information content (AvgIpc) is 2.42. The highest BCUT2D eigenvalue weighted by Gasteiger charge is 2.19. The lowest BCUT2D eigenvalue weighted by molar-refractivity contribution is 0.687. The Morgan fingerprint density at radius 1 is 1.11 bits per heavy atom. The topological polar surface area (TPSA) is 49.6 Å². The van der Waals surface area contributed by atoms with Crippen molar-refractivity contribution >= 4 is 0 Å². The molecule has 0 atom stereocenters. The Morgan fingerprint density at radius 3 is 2.32 bits per heavy atom. The van der Waals surface area contributed by atoms with Crippen LogP contribution in [-0.4, -0.2) is 10.2 Å². The first-order valence-electron chi connectivity index (χ1n) is 6.27. The summed E-state index contributed by atoms with van der Waals surface area (Å²) in [5, 5.41) is 17.4. The molecule has 0 aliphatic carbocycles. The smallest absolute Gasteiger partial charge is 0.0961 e. The van der Waals surface area contributed by atoms with E-state index in [1.54, 1.807) is 6.20 Å². The first kappa shape index (κ1) is 13.2. The average molecular weight is 251 g/mol. The number of nitriles is 1. The van der Waals surface area contributed by atoms with Crippen molar-refractivity contribution in [2.45, 2.75) is 33.1 Å². The van der Waals surface area contributed by atoms with Gasteiger partial charge in [-0.2, -0.15) is 15.5 Å². The van der Waals surface area contributed by atoms with Gasteiger partial charge in [0.2, 0.25) is 0 Å². The van der Waals surface area contributed by atoms with Crippen LogP contribution in [0.4, 0.5) is 0 Å². The number of rotatable bonds is 2. The van der Waals surface area contributed by atoms with Gasteiger partial charge in [0.25, 0.3) is 0 Å². The maximum Gasteiger partial charge on any atom is 0.0961 e. The Morgan fingerprint density at radius 2 is 1.74 bits per heavy atom. The molecule has 96 valence electrons. The van der Waals surface area contributed by atoms with Crippen LogP contribution in [0.5, 0.6) is 0 Å². The number of nitrogens with zero attached hydrogens (tertiary/aromatic N) is 3. The van der Waals surface area contributed by atoms with E-state index in [9.17, 15) is 0 Å². The second-order valence-corrected chi connectivity index (χ2v) is 5.32. The van der Waals surface area contributed by atoms with Crippen LogP contribution in [0.2, 0.25) is 0 Å². The summed E-state index contributed by atoms with van der Waals surface area (Å²) in [5.41, 5.74) is 4.75. The molecule has 0 saturated carbocycles. The highest BCUT2D eigenvalue weighted by Crippen LogP contribution is 2.27. The molecule has 2 aromatic rings. The summed E-state index contributed by atoms with van der Waals surface area (Å²) in [6.45, 7) is 7.91. The minimum Gasteiger partial charge on any atom is -0.197 e. The van der Waals surface area contributed by atoms with E-state index in [2.05, 4.69) is 16.3 Å². The Balaban J connectivity index is 2.44. The van der Waals surface area contributed by atoms with Crippen molar-refractivity contribution in [3.05, 3.63) is 47.2 Å². The zero-order valence-electron chi connectivity index (χ0n) is 11.7. The van der Waals surface area contributed by atoms with Gasteiger partial charge in [0.15, 0.2) is 0 Å². The van der Waals surface area contributed by atoms with Crippen molar-refractivity contribution in [2.75, 3.05) is 0 Å². The van der Waals surface area contributed by atoms with Gasteiger partial charge in [0, 0.05) is 5.56 Å². The molecule has 0 bridgehead atoms. The lowest BCUT2D eigenvalue weighted by Gasteiger charge is -2.16. The van der Waals surface area contributed by atoms with E-state index in [-0.39, 0.29) is 0 Å². The van der Waals surface area contributed by atoms with Gasteiger partial charge in [0.05, 0.1) is 23.4 Å². The van der Waals surface area contributed by atoms with E-state index in [1.807, 2.05) is 52.0 Å². The summed E-state index contributed by atoms with van der Waals surface area (Å²) in [6, 6.07) is 10.3. The van der Waals surface area contributed by atoms with Gasteiger partial charge in [-0.05, 0) is 44.4 Å². The fourth-order valence-corrected chi connectivity index (χ4v) is 1.92. The highest BCUT2D eigenvalue weighted by molar-refractivity contribution is 5.64. The second kappa shape index (κ2) is 4.81. The molecule has 1 aromatic carbocycles. The number of hydrogen-bond donors (Lipinski definition) is 0. The number of benzene rings is 1. The molecule has 0 radical (unpaired) electrons.